The SMILES string of the molecule is O=C(COC(=O)[C@@H]1CC(=O)N(C2CCCC2)C1)NCc1ccc2c(c1)OCO2. The highest BCUT2D eigenvalue weighted by molar-refractivity contribution is 5.88. The number of nitrogens with one attached hydrogen (secondary N) is 1. The third-order valence-electron chi connectivity index (χ3n) is 5.53. The number of amides is 2. The van der Waals surface area contributed by atoms with Gasteiger partial charge < -0.3 is 24.4 Å². The lowest BCUT2D eigenvalue weighted by Gasteiger charge is -2.23. The Labute approximate surface area is 163 Å². The fraction of sp³-hybridized carbons (Fsp3) is 0.550. The van der Waals surface area contributed by atoms with Gasteiger partial charge in [-0.05, 0) is 30.5 Å². The van der Waals surface area contributed by atoms with E-state index in [1.165, 1.54) is 0 Å². The quantitative estimate of drug-likeness (QED) is 0.740. The van der Waals surface area contributed by atoms with Gasteiger partial charge in [-0.1, -0.05) is 18.9 Å². The second kappa shape index (κ2) is 8.08. The summed E-state index contributed by atoms with van der Waals surface area (Å²) in [6.07, 6.45) is 4.46. The Hall–Kier alpha value is -2.77. The second-order valence-corrected chi connectivity index (χ2v) is 7.46. The van der Waals surface area contributed by atoms with Gasteiger partial charge in [0.2, 0.25) is 12.7 Å². The van der Waals surface area contributed by atoms with Crippen molar-refractivity contribution in [1.82, 2.24) is 10.2 Å². The molecule has 4 rings (SSSR count). The molecule has 0 aromatic heterocycles. The van der Waals surface area contributed by atoms with Crippen LogP contribution in [0.25, 0.3) is 0 Å². The summed E-state index contributed by atoms with van der Waals surface area (Å²) >= 11 is 0. The Morgan fingerprint density at radius 3 is 2.79 bits per heavy atom. The molecule has 1 aromatic rings. The minimum Gasteiger partial charge on any atom is -0.455 e. The minimum absolute atomic E-state index is 0.0149. The average molecular weight is 388 g/mol. The van der Waals surface area contributed by atoms with Crippen LogP contribution in [0.1, 0.15) is 37.7 Å². The molecule has 0 radical (unpaired) electrons. The highest BCUT2D eigenvalue weighted by Crippen LogP contribution is 2.32. The maximum absolute atomic E-state index is 12.2. The summed E-state index contributed by atoms with van der Waals surface area (Å²) in [5, 5.41) is 2.71. The molecule has 1 atom stereocenters. The number of likely N-dealkylation sites (tertiary alicyclic amines) is 1. The van der Waals surface area contributed by atoms with E-state index in [1.807, 2.05) is 11.0 Å². The van der Waals surface area contributed by atoms with Crippen LogP contribution in [-0.4, -0.2) is 48.7 Å². The Morgan fingerprint density at radius 2 is 1.96 bits per heavy atom. The molecular weight excluding hydrogens is 364 g/mol. The Kier molecular flexibility index (Phi) is 5.36. The lowest BCUT2D eigenvalue weighted by molar-refractivity contribution is -0.152. The Morgan fingerprint density at radius 1 is 1.18 bits per heavy atom. The van der Waals surface area contributed by atoms with Crippen molar-refractivity contribution in [2.24, 2.45) is 5.92 Å². The van der Waals surface area contributed by atoms with Gasteiger partial charge in [0.05, 0.1) is 5.92 Å². The highest BCUT2D eigenvalue weighted by atomic mass is 16.7. The highest BCUT2D eigenvalue weighted by Gasteiger charge is 2.39. The van der Waals surface area contributed by atoms with Crippen LogP contribution in [0.15, 0.2) is 18.2 Å². The first-order chi connectivity index (χ1) is 13.6. The van der Waals surface area contributed by atoms with Crippen molar-refractivity contribution >= 4 is 17.8 Å². The monoisotopic (exact) mass is 388 g/mol. The molecule has 1 saturated heterocycles. The van der Waals surface area contributed by atoms with Crippen molar-refractivity contribution in [2.45, 2.75) is 44.7 Å². The molecule has 0 bridgehead atoms. The van der Waals surface area contributed by atoms with Crippen LogP contribution in [-0.2, 0) is 25.7 Å². The first kappa shape index (κ1) is 18.6. The summed E-state index contributed by atoms with van der Waals surface area (Å²) in [7, 11) is 0. The van der Waals surface area contributed by atoms with Crippen molar-refractivity contribution in [2.75, 3.05) is 19.9 Å². The lowest BCUT2D eigenvalue weighted by Crippen LogP contribution is -2.35. The number of rotatable bonds is 6. The van der Waals surface area contributed by atoms with Crippen molar-refractivity contribution in [3.8, 4) is 11.5 Å². The molecule has 2 fully saturated rings. The van der Waals surface area contributed by atoms with Gasteiger partial charge in [0, 0.05) is 25.6 Å². The molecule has 0 spiro atoms. The molecule has 150 valence electrons. The van der Waals surface area contributed by atoms with Gasteiger partial charge in [-0.25, -0.2) is 0 Å². The molecule has 1 N–H and O–H groups in total. The largest absolute Gasteiger partial charge is 0.455 e. The molecule has 0 unspecified atom stereocenters. The maximum Gasteiger partial charge on any atom is 0.311 e. The maximum atomic E-state index is 12.2. The predicted octanol–water partition coefficient (Wildman–Crippen LogP) is 1.37. The van der Waals surface area contributed by atoms with Gasteiger partial charge in [-0.2, -0.15) is 0 Å². The van der Waals surface area contributed by atoms with E-state index in [4.69, 9.17) is 14.2 Å². The molecule has 2 aliphatic heterocycles. The fourth-order valence-electron chi connectivity index (χ4n) is 4.02. The Bertz CT molecular complexity index is 774. The third kappa shape index (κ3) is 4.05. The van der Waals surface area contributed by atoms with Gasteiger partial charge in [-0.3, -0.25) is 14.4 Å². The van der Waals surface area contributed by atoms with Crippen LogP contribution in [0, 0.1) is 5.92 Å². The minimum atomic E-state index is -0.480. The smallest absolute Gasteiger partial charge is 0.311 e. The van der Waals surface area contributed by atoms with E-state index in [2.05, 4.69) is 5.32 Å². The van der Waals surface area contributed by atoms with Gasteiger partial charge in [0.25, 0.3) is 5.91 Å². The number of fused-ring (bicyclic) bond motifs is 1. The molecule has 1 aliphatic carbocycles. The number of ether oxygens (including phenoxy) is 3. The van der Waals surface area contributed by atoms with Crippen LogP contribution < -0.4 is 14.8 Å². The average Bonchev–Trinajstić information content (AvgIpc) is 3.44. The number of carbonyl (C=O) groups excluding carboxylic acids is 3. The molecule has 28 heavy (non-hydrogen) atoms. The molecule has 2 amide bonds. The van der Waals surface area contributed by atoms with E-state index < -0.39 is 11.9 Å². The van der Waals surface area contributed by atoms with Gasteiger partial charge in [0.1, 0.15) is 0 Å². The summed E-state index contributed by atoms with van der Waals surface area (Å²) in [5.74, 6) is 0.00333. The number of esters is 1. The zero-order chi connectivity index (χ0) is 19.5. The van der Waals surface area contributed by atoms with Gasteiger partial charge in [0.15, 0.2) is 18.1 Å². The van der Waals surface area contributed by atoms with E-state index in [-0.39, 0.29) is 37.7 Å². The van der Waals surface area contributed by atoms with Crippen LogP contribution in [0.4, 0.5) is 0 Å². The topological polar surface area (TPSA) is 94.2 Å². The molecule has 8 heteroatoms. The number of benzene rings is 1. The summed E-state index contributed by atoms with van der Waals surface area (Å²) in [6, 6.07) is 5.69. The van der Waals surface area contributed by atoms with Gasteiger partial charge in [-0.15, -0.1) is 0 Å². The molecule has 1 saturated carbocycles. The van der Waals surface area contributed by atoms with E-state index in [0.29, 0.717) is 24.6 Å². The summed E-state index contributed by atoms with van der Waals surface area (Å²) < 4.78 is 15.7. The Balaban J connectivity index is 1.20. The molecular formula is C20H24N2O6. The second-order valence-electron chi connectivity index (χ2n) is 7.46. The number of carbonyl (C=O) groups is 3. The van der Waals surface area contributed by atoms with Crippen LogP contribution in [0.2, 0.25) is 0 Å². The zero-order valence-electron chi connectivity index (χ0n) is 15.6. The van der Waals surface area contributed by atoms with Crippen molar-refractivity contribution in [3.63, 3.8) is 0 Å². The first-order valence-corrected chi connectivity index (χ1v) is 9.71. The third-order valence-corrected chi connectivity index (χ3v) is 5.53. The van der Waals surface area contributed by atoms with E-state index in [0.717, 1.165) is 31.2 Å². The van der Waals surface area contributed by atoms with Crippen molar-refractivity contribution in [1.29, 1.82) is 0 Å². The number of hydrogen-bond donors (Lipinski definition) is 1. The van der Waals surface area contributed by atoms with Gasteiger partial charge >= 0.3 is 5.97 Å². The fourth-order valence-corrected chi connectivity index (χ4v) is 4.02. The molecule has 3 aliphatic rings. The van der Waals surface area contributed by atoms with Crippen LogP contribution in [0.3, 0.4) is 0 Å². The lowest BCUT2D eigenvalue weighted by atomic mass is 10.1. The van der Waals surface area contributed by atoms with Crippen molar-refractivity contribution in [3.05, 3.63) is 23.8 Å². The van der Waals surface area contributed by atoms with E-state index in [1.54, 1.807) is 12.1 Å². The van der Waals surface area contributed by atoms with E-state index in [9.17, 15) is 14.4 Å². The van der Waals surface area contributed by atoms with Crippen LogP contribution >= 0.6 is 0 Å². The predicted molar refractivity (Wildman–Crippen MR) is 97.4 cm³/mol. The summed E-state index contributed by atoms with van der Waals surface area (Å²) in [4.78, 5) is 38.2. The van der Waals surface area contributed by atoms with Crippen molar-refractivity contribution < 1.29 is 28.6 Å². The standard InChI is InChI=1S/C20H24N2O6/c23-18(21-9-13-5-6-16-17(7-13)28-12-27-16)11-26-20(25)14-8-19(24)22(10-14)15-3-1-2-4-15/h5-7,14-15H,1-4,8-12H2,(H,21,23)/t14-/m1/s1. The normalized spacial score (nSPS) is 21.2. The molecule has 2 heterocycles. The first-order valence-electron chi connectivity index (χ1n) is 9.71. The zero-order valence-corrected chi connectivity index (χ0v) is 15.6. The van der Waals surface area contributed by atoms with Crippen LogP contribution in [0.5, 0.6) is 11.5 Å². The number of nitrogens with zero attached hydrogens (tertiary/aromatic N) is 1. The summed E-state index contributed by atoms with van der Waals surface area (Å²) in [6.45, 7) is 0.548. The summed E-state index contributed by atoms with van der Waals surface area (Å²) in [5.41, 5.74) is 0.859. The molecule has 8 nitrogen and oxygen atoms in total. The molecule has 1 aromatic carbocycles. The number of hydrogen-bond acceptors (Lipinski definition) is 6. The van der Waals surface area contributed by atoms with E-state index >= 15 is 0 Å².